The van der Waals surface area contributed by atoms with Gasteiger partial charge >= 0.3 is 0 Å². The maximum Gasteiger partial charge on any atom is 0.136 e. The van der Waals surface area contributed by atoms with Gasteiger partial charge in [-0.1, -0.05) is 141 Å². The van der Waals surface area contributed by atoms with Crippen LogP contribution in [0.1, 0.15) is 43.6 Å². The van der Waals surface area contributed by atoms with Crippen LogP contribution in [-0.4, -0.2) is 0 Å². The molecule has 1 heterocycles. The molecule has 1 fully saturated rings. The Morgan fingerprint density at radius 2 is 1.00 bits per heavy atom. The number of furan rings is 1. The van der Waals surface area contributed by atoms with Crippen molar-refractivity contribution < 1.29 is 4.42 Å². The molecule has 1 aliphatic rings. The first-order valence-electron chi connectivity index (χ1n) is 17.3. The Kier molecular flexibility index (Phi) is 7.28. The lowest BCUT2D eigenvalue weighted by atomic mass is 9.80. The highest BCUT2D eigenvalue weighted by molar-refractivity contribution is 6.14. The molecule has 1 aromatic heterocycles. The summed E-state index contributed by atoms with van der Waals surface area (Å²) in [6.45, 7) is 0. The molecule has 0 unspecified atom stereocenters. The fourth-order valence-corrected chi connectivity index (χ4v) is 8.13. The molecule has 1 saturated carbocycles. The minimum absolute atomic E-state index is 0.604. The lowest BCUT2D eigenvalue weighted by Gasteiger charge is -2.30. The van der Waals surface area contributed by atoms with Gasteiger partial charge in [0, 0.05) is 27.6 Å². The van der Waals surface area contributed by atoms with E-state index in [2.05, 4.69) is 157 Å². The highest BCUT2D eigenvalue weighted by atomic mass is 16.3. The molecule has 8 aromatic rings. The number of nitrogens with zero attached hydrogens (tertiary/aromatic N) is 1. The van der Waals surface area contributed by atoms with Crippen molar-refractivity contribution in [3.63, 3.8) is 0 Å². The summed E-state index contributed by atoms with van der Waals surface area (Å²) in [7, 11) is 0. The van der Waals surface area contributed by atoms with Crippen molar-refractivity contribution in [3.05, 3.63) is 163 Å². The first kappa shape index (κ1) is 28.6. The third kappa shape index (κ3) is 4.88. The van der Waals surface area contributed by atoms with Gasteiger partial charge in [0.1, 0.15) is 11.2 Å². The van der Waals surface area contributed by atoms with Crippen LogP contribution in [-0.2, 0) is 0 Å². The molecule has 9 rings (SSSR count). The topological polar surface area (TPSA) is 16.4 Å². The van der Waals surface area contributed by atoms with Gasteiger partial charge in [0.15, 0.2) is 0 Å². The van der Waals surface area contributed by atoms with E-state index in [1.54, 1.807) is 0 Å². The van der Waals surface area contributed by atoms with E-state index >= 15 is 0 Å². The van der Waals surface area contributed by atoms with Crippen LogP contribution >= 0.6 is 0 Å². The van der Waals surface area contributed by atoms with Crippen LogP contribution in [0.4, 0.5) is 17.1 Å². The third-order valence-electron chi connectivity index (χ3n) is 10.3. The summed E-state index contributed by atoms with van der Waals surface area (Å²) in [6.07, 6.45) is 6.53. The molecule has 232 valence electrons. The van der Waals surface area contributed by atoms with Crippen LogP contribution in [0.25, 0.3) is 55.0 Å². The molecular formula is C46H37NO. The van der Waals surface area contributed by atoms with Crippen molar-refractivity contribution >= 4 is 49.8 Å². The lowest BCUT2D eigenvalue weighted by molar-refractivity contribution is 0.445. The summed E-state index contributed by atoms with van der Waals surface area (Å²) in [5.41, 5.74) is 11.6. The second kappa shape index (κ2) is 12.2. The van der Waals surface area contributed by atoms with Crippen molar-refractivity contribution in [1.29, 1.82) is 0 Å². The summed E-state index contributed by atoms with van der Waals surface area (Å²) in [5, 5.41) is 4.99. The number of benzene rings is 7. The molecule has 48 heavy (non-hydrogen) atoms. The van der Waals surface area contributed by atoms with Gasteiger partial charge in [-0.2, -0.15) is 0 Å². The van der Waals surface area contributed by atoms with E-state index in [9.17, 15) is 0 Å². The fourth-order valence-electron chi connectivity index (χ4n) is 8.13. The minimum atomic E-state index is 0.604. The Morgan fingerprint density at radius 1 is 0.438 bits per heavy atom. The minimum Gasteiger partial charge on any atom is -0.456 e. The maximum absolute atomic E-state index is 6.35. The molecule has 0 bridgehead atoms. The van der Waals surface area contributed by atoms with E-state index in [0.717, 1.165) is 50.1 Å². The number of hydrogen-bond donors (Lipinski definition) is 0. The van der Waals surface area contributed by atoms with Crippen LogP contribution in [0.5, 0.6) is 0 Å². The number of fused-ring (bicyclic) bond motifs is 4. The first-order valence-corrected chi connectivity index (χ1v) is 17.3. The SMILES string of the molecule is c1ccc(N(c2ccccc2-c2cccc3cccc(C4CCCCC4)c23)c2ccccc2-c2cccc3oc4ccccc4c23)cc1. The van der Waals surface area contributed by atoms with Gasteiger partial charge < -0.3 is 9.32 Å². The molecule has 0 radical (unpaired) electrons. The largest absolute Gasteiger partial charge is 0.456 e. The van der Waals surface area contributed by atoms with Crippen molar-refractivity contribution in [3.8, 4) is 22.3 Å². The van der Waals surface area contributed by atoms with E-state index < -0.39 is 0 Å². The average Bonchev–Trinajstić information content (AvgIpc) is 3.55. The molecule has 2 heteroatoms. The predicted molar refractivity (Wildman–Crippen MR) is 203 cm³/mol. The molecular weight excluding hydrogens is 583 g/mol. The summed E-state index contributed by atoms with van der Waals surface area (Å²) in [4.78, 5) is 2.45. The zero-order valence-corrected chi connectivity index (χ0v) is 27.0. The van der Waals surface area contributed by atoms with Gasteiger partial charge in [-0.15, -0.1) is 0 Å². The monoisotopic (exact) mass is 619 g/mol. The zero-order valence-electron chi connectivity index (χ0n) is 27.0. The average molecular weight is 620 g/mol. The molecule has 0 atom stereocenters. The van der Waals surface area contributed by atoms with E-state index in [-0.39, 0.29) is 0 Å². The van der Waals surface area contributed by atoms with Gasteiger partial charge in [0.25, 0.3) is 0 Å². The van der Waals surface area contributed by atoms with Gasteiger partial charge in [-0.05, 0) is 82.6 Å². The summed E-state index contributed by atoms with van der Waals surface area (Å²) in [6, 6.07) is 57.2. The van der Waals surface area contributed by atoms with Crippen LogP contribution in [0.15, 0.2) is 162 Å². The van der Waals surface area contributed by atoms with Gasteiger partial charge in [0.05, 0.1) is 11.4 Å². The Bertz CT molecular complexity index is 2390. The van der Waals surface area contributed by atoms with E-state index in [1.807, 2.05) is 6.07 Å². The number of para-hydroxylation sites is 4. The quantitative estimate of drug-likeness (QED) is 0.184. The van der Waals surface area contributed by atoms with Crippen molar-refractivity contribution in [2.75, 3.05) is 4.90 Å². The van der Waals surface area contributed by atoms with Gasteiger partial charge in [-0.25, -0.2) is 0 Å². The van der Waals surface area contributed by atoms with Gasteiger partial charge in [-0.3, -0.25) is 0 Å². The highest BCUT2D eigenvalue weighted by Gasteiger charge is 2.24. The maximum atomic E-state index is 6.35. The molecule has 0 aliphatic heterocycles. The van der Waals surface area contributed by atoms with Crippen LogP contribution < -0.4 is 4.90 Å². The van der Waals surface area contributed by atoms with E-state index in [4.69, 9.17) is 4.42 Å². The molecule has 0 amide bonds. The second-order valence-electron chi connectivity index (χ2n) is 13.1. The summed E-state index contributed by atoms with van der Waals surface area (Å²) < 4.78 is 6.35. The van der Waals surface area contributed by atoms with Crippen molar-refractivity contribution in [1.82, 2.24) is 0 Å². The number of hydrogen-bond acceptors (Lipinski definition) is 2. The number of rotatable bonds is 6. The standard InChI is InChI=1S/C46H37NO/c1-3-16-32(17-4-1)35-25-13-18-33-19-14-26-38(45(33)35)36-22-7-10-28-41(36)47(34-20-5-2-6-21-34)42-29-11-8-23-37(42)39-27-15-31-44-46(39)40-24-9-12-30-43(40)48-44/h2,5-15,18-32H,1,3-4,16-17H2. The summed E-state index contributed by atoms with van der Waals surface area (Å²) in [5.74, 6) is 0.604. The summed E-state index contributed by atoms with van der Waals surface area (Å²) >= 11 is 0. The first-order chi connectivity index (χ1) is 23.8. The lowest BCUT2D eigenvalue weighted by Crippen LogP contribution is -2.12. The van der Waals surface area contributed by atoms with Crippen LogP contribution in [0.3, 0.4) is 0 Å². The van der Waals surface area contributed by atoms with Crippen molar-refractivity contribution in [2.45, 2.75) is 38.0 Å². The Balaban J connectivity index is 1.30. The number of anilines is 3. The van der Waals surface area contributed by atoms with Crippen molar-refractivity contribution in [2.24, 2.45) is 0 Å². The molecule has 0 N–H and O–H groups in total. The zero-order chi connectivity index (χ0) is 31.9. The Morgan fingerprint density at radius 3 is 1.75 bits per heavy atom. The Labute approximate surface area is 281 Å². The van der Waals surface area contributed by atoms with E-state index in [1.165, 1.54) is 59.6 Å². The highest BCUT2D eigenvalue weighted by Crippen LogP contribution is 2.48. The fraction of sp³-hybridized carbons (Fsp3) is 0.130. The van der Waals surface area contributed by atoms with Crippen LogP contribution in [0, 0.1) is 0 Å². The van der Waals surface area contributed by atoms with Crippen LogP contribution in [0.2, 0.25) is 0 Å². The van der Waals surface area contributed by atoms with Gasteiger partial charge in [0.2, 0.25) is 0 Å². The molecule has 0 saturated heterocycles. The third-order valence-corrected chi connectivity index (χ3v) is 10.3. The molecule has 2 nitrogen and oxygen atoms in total. The van der Waals surface area contributed by atoms with E-state index in [0.29, 0.717) is 5.92 Å². The molecule has 1 aliphatic carbocycles. The molecule has 7 aromatic carbocycles. The second-order valence-corrected chi connectivity index (χ2v) is 13.1. The normalized spacial score (nSPS) is 13.8. The smallest absolute Gasteiger partial charge is 0.136 e. The Hall–Kier alpha value is -5.60. The predicted octanol–water partition coefficient (Wildman–Crippen LogP) is 13.6. The molecule has 0 spiro atoms.